The van der Waals surface area contributed by atoms with Crippen LogP contribution in [0.4, 0.5) is 0 Å². The quantitative estimate of drug-likeness (QED) is 0.727. The van der Waals surface area contributed by atoms with Gasteiger partial charge in [0.1, 0.15) is 0 Å². The molecule has 1 aliphatic carbocycles. The fourth-order valence-corrected chi connectivity index (χ4v) is 2.55. The summed E-state index contributed by atoms with van der Waals surface area (Å²) in [5, 5.41) is 7.87. The zero-order valence-corrected chi connectivity index (χ0v) is 9.35. The van der Waals surface area contributed by atoms with E-state index in [1.807, 2.05) is 0 Å². The van der Waals surface area contributed by atoms with Gasteiger partial charge in [0.25, 0.3) is 0 Å². The predicted octanol–water partition coefficient (Wildman–Crippen LogP) is 2.09. The van der Waals surface area contributed by atoms with Crippen LogP contribution in [0, 0.1) is 5.92 Å². The van der Waals surface area contributed by atoms with E-state index < -0.39 is 0 Å². The van der Waals surface area contributed by atoms with Crippen LogP contribution in [0.2, 0.25) is 0 Å². The first-order valence-corrected chi connectivity index (χ1v) is 6.08. The zero-order chi connectivity index (χ0) is 9.80. The summed E-state index contributed by atoms with van der Waals surface area (Å²) in [5.41, 5.74) is 1.54. The van der Waals surface area contributed by atoms with Crippen LogP contribution in [0.25, 0.3) is 0 Å². The summed E-state index contributed by atoms with van der Waals surface area (Å²) in [5.74, 6) is 1.69. The van der Waals surface area contributed by atoms with Crippen molar-refractivity contribution in [1.82, 2.24) is 5.32 Å². The molecule has 0 radical (unpaired) electrons. The molecule has 1 fully saturated rings. The molecule has 1 aromatic rings. The summed E-state index contributed by atoms with van der Waals surface area (Å²) in [4.78, 5) is 0. The van der Waals surface area contributed by atoms with Gasteiger partial charge in [-0.3, -0.25) is 0 Å². The van der Waals surface area contributed by atoms with Gasteiger partial charge in [0.2, 0.25) is 0 Å². The lowest BCUT2D eigenvalue weighted by molar-refractivity contribution is 0.199. The maximum atomic E-state index is 4.98. The standard InChI is InChI=1S/C11H17NOS/c1-13-4-3-12-7-10-6-11(10)9-2-5-14-8-9/h2,5,8,10-12H,3-4,6-7H2,1H3. The van der Waals surface area contributed by atoms with Crippen LogP contribution in [0.5, 0.6) is 0 Å². The highest BCUT2D eigenvalue weighted by molar-refractivity contribution is 7.08. The van der Waals surface area contributed by atoms with Crippen LogP contribution in [-0.2, 0) is 4.74 Å². The van der Waals surface area contributed by atoms with Crippen molar-refractivity contribution in [2.75, 3.05) is 26.8 Å². The molecule has 1 saturated carbocycles. The number of rotatable bonds is 6. The number of methoxy groups -OCH3 is 1. The number of hydrogen-bond acceptors (Lipinski definition) is 3. The second-order valence-electron chi connectivity index (χ2n) is 3.86. The Balaban J connectivity index is 1.63. The largest absolute Gasteiger partial charge is 0.383 e. The Kier molecular flexibility index (Phi) is 3.56. The highest BCUT2D eigenvalue weighted by Gasteiger charge is 2.37. The van der Waals surface area contributed by atoms with Crippen LogP contribution in [0.1, 0.15) is 17.9 Å². The minimum Gasteiger partial charge on any atom is -0.383 e. The monoisotopic (exact) mass is 211 g/mol. The van der Waals surface area contributed by atoms with Crippen molar-refractivity contribution in [1.29, 1.82) is 0 Å². The van der Waals surface area contributed by atoms with Crippen molar-refractivity contribution in [2.45, 2.75) is 12.3 Å². The lowest BCUT2D eigenvalue weighted by atomic mass is 10.2. The lowest BCUT2D eigenvalue weighted by Gasteiger charge is -2.02. The van der Waals surface area contributed by atoms with Gasteiger partial charge in [-0.25, -0.2) is 0 Å². The second kappa shape index (κ2) is 4.91. The molecule has 2 rings (SSSR count). The van der Waals surface area contributed by atoms with Crippen LogP contribution in [0.3, 0.4) is 0 Å². The van der Waals surface area contributed by atoms with E-state index >= 15 is 0 Å². The molecule has 78 valence electrons. The Morgan fingerprint density at radius 1 is 1.64 bits per heavy atom. The van der Waals surface area contributed by atoms with E-state index in [1.54, 1.807) is 18.4 Å². The van der Waals surface area contributed by atoms with Crippen LogP contribution >= 0.6 is 11.3 Å². The summed E-state index contributed by atoms with van der Waals surface area (Å²) >= 11 is 1.80. The van der Waals surface area contributed by atoms with Crippen molar-refractivity contribution in [2.24, 2.45) is 5.92 Å². The Morgan fingerprint density at radius 3 is 3.29 bits per heavy atom. The molecule has 0 spiro atoms. The molecule has 0 amide bonds. The van der Waals surface area contributed by atoms with Gasteiger partial charge < -0.3 is 10.1 Å². The SMILES string of the molecule is COCCNCC1CC1c1ccsc1. The van der Waals surface area contributed by atoms with Gasteiger partial charge in [-0.05, 0) is 47.2 Å². The third-order valence-corrected chi connectivity index (χ3v) is 3.48. The van der Waals surface area contributed by atoms with Gasteiger partial charge in [-0.15, -0.1) is 0 Å². The van der Waals surface area contributed by atoms with Crippen molar-refractivity contribution in [3.05, 3.63) is 22.4 Å². The highest BCUT2D eigenvalue weighted by atomic mass is 32.1. The van der Waals surface area contributed by atoms with Crippen molar-refractivity contribution in [3.63, 3.8) is 0 Å². The normalized spacial score (nSPS) is 25.2. The van der Waals surface area contributed by atoms with Gasteiger partial charge in [0, 0.05) is 13.7 Å². The molecule has 2 atom stereocenters. The first-order valence-electron chi connectivity index (χ1n) is 5.13. The summed E-state index contributed by atoms with van der Waals surface area (Å²) in [7, 11) is 1.74. The molecule has 0 aliphatic heterocycles. The van der Waals surface area contributed by atoms with Gasteiger partial charge in [-0.2, -0.15) is 11.3 Å². The average molecular weight is 211 g/mol. The number of hydrogen-bond donors (Lipinski definition) is 1. The van der Waals surface area contributed by atoms with E-state index in [9.17, 15) is 0 Å². The molecule has 1 aromatic heterocycles. The molecule has 1 heterocycles. The van der Waals surface area contributed by atoms with E-state index in [0.29, 0.717) is 0 Å². The summed E-state index contributed by atoms with van der Waals surface area (Å²) in [6.07, 6.45) is 1.36. The molecule has 1 N–H and O–H groups in total. The van der Waals surface area contributed by atoms with Crippen LogP contribution in [-0.4, -0.2) is 26.8 Å². The highest BCUT2D eigenvalue weighted by Crippen LogP contribution is 2.47. The van der Waals surface area contributed by atoms with Crippen molar-refractivity contribution in [3.8, 4) is 0 Å². The maximum absolute atomic E-state index is 4.98. The van der Waals surface area contributed by atoms with E-state index in [2.05, 4.69) is 22.1 Å². The first-order chi connectivity index (χ1) is 6.92. The zero-order valence-electron chi connectivity index (χ0n) is 8.53. The molecule has 0 bridgehead atoms. The van der Waals surface area contributed by atoms with Gasteiger partial charge in [0.05, 0.1) is 6.61 Å². The summed E-state index contributed by atoms with van der Waals surface area (Å²) in [6.45, 7) is 2.93. The summed E-state index contributed by atoms with van der Waals surface area (Å²) in [6, 6.07) is 2.25. The molecule has 2 unspecified atom stereocenters. The molecular formula is C11H17NOS. The third kappa shape index (κ3) is 2.56. The number of nitrogens with one attached hydrogen (secondary N) is 1. The molecule has 0 aromatic carbocycles. The minimum absolute atomic E-state index is 0.815. The number of ether oxygens (including phenoxy) is 1. The van der Waals surface area contributed by atoms with Gasteiger partial charge in [0.15, 0.2) is 0 Å². The fraction of sp³-hybridized carbons (Fsp3) is 0.636. The predicted molar refractivity (Wildman–Crippen MR) is 59.9 cm³/mol. The Labute approximate surface area is 89.3 Å². The van der Waals surface area contributed by atoms with Crippen molar-refractivity contribution < 1.29 is 4.74 Å². The molecular weight excluding hydrogens is 194 g/mol. The molecule has 3 heteroatoms. The maximum Gasteiger partial charge on any atom is 0.0587 e. The van der Waals surface area contributed by atoms with E-state index in [0.717, 1.165) is 31.5 Å². The van der Waals surface area contributed by atoms with Gasteiger partial charge >= 0.3 is 0 Å². The van der Waals surface area contributed by atoms with E-state index in [-0.39, 0.29) is 0 Å². The first kappa shape index (κ1) is 10.1. The van der Waals surface area contributed by atoms with Crippen LogP contribution in [0.15, 0.2) is 16.8 Å². The summed E-state index contributed by atoms with van der Waals surface area (Å²) < 4.78 is 4.98. The second-order valence-corrected chi connectivity index (χ2v) is 4.64. The van der Waals surface area contributed by atoms with Gasteiger partial charge in [-0.1, -0.05) is 0 Å². The minimum atomic E-state index is 0.815. The topological polar surface area (TPSA) is 21.3 Å². The Bertz CT molecular complexity index is 260. The molecule has 0 saturated heterocycles. The van der Waals surface area contributed by atoms with E-state index in [4.69, 9.17) is 4.74 Å². The lowest BCUT2D eigenvalue weighted by Crippen LogP contribution is -2.21. The fourth-order valence-electron chi connectivity index (χ4n) is 1.83. The third-order valence-electron chi connectivity index (χ3n) is 2.78. The Morgan fingerprint density at radius 2 is 2.57 bits per heavy atom. The van der Waals surface area contributed by atoms with E-state index in [1.165, 1.54) is 12.0 Å². The van der Waals surface area contributed by atoms with Crippen molar-refractivity contribution >= 4 is 11.3 Å². The number of thiophene rings is 1. The molecule has 1 aliphatic rings. The molecule has 14 heavy (non-hydrogen) atoms. The van der Waals surface area contributed by atoms with Crippen LogP contribution < -0.4 is 5.32 Å². The molecule has 2 nitrogen and oxygen atoms in total. The average Bonchev–Trinajstić information content (AvgIpc) is 2.77. The smallest absolute Gasteiger partial charge is 0.0587 e. The Hall–Kier alpha value is -0.380.